The van der Waals surface area contributed by atoms with Crippen LogP contribution in [0, 0.1) is 13.8 Å². The van der Waals surface area contributed by atoms with Crippen molar-refractivity contribution < 1.29 is 22.6 Å². The maximum Gasteiger partial charge on any atom is 0.453 e. The van der Waals surface area contributed by atoms with Crippen molar-refractivity contribution in [3.05, 3.63) is 40.7 Å². The summed E-state index contributed by atoms with van der Waals surface area (Å²) in [5.74, 6) is 0.243. The molecular weight excluding hydrogens is 363 g/mol. The van der Waals surface area contributed by atoms with Crippen molar-refractivity contribution in [3.63, 3.8) is 0 Å². The number of para-hydroxylation sites is 1. The summed E-state index contributed by atoms with van der Waals surface area (Å²) in [5.41, 5.74) is 2.10. The number of alkyl halides is 3. The van der Waals surface area contributed by atoms with E-state index >= 15 is 0 Å². The molecule has 0 atom stereocenters. The van der Waals surface area contributed by atoms with Gasteiger partial charge in [-0.2, -0.15) is 17.7 Å². The maximum atomic E-state index is 13.1. The molecule has 27 heavy (non-hydrogen) atoms. The summed E-state index contributed by atoms with van der Waals surface area (Å²) < 4.78 is 50.7. The number of rotatable bonds is 5. The third-order valence-electron chi connectivity index (χ3n) is 4.28. The van der Waals surface area contributed by atoms with E-state index in [9.17, 15) is 13.2 Å². The van der Waals surface area contributed by atoms with E-state index < -0.39 is 12.0 Å². The summed E-state index contributed by atoms with van der Waals surface area (Å²) in [6.07, 6.45) is -4.65. The van der Waals surface area contributed by atoms with Crippen molar-refractivity contribution in [2.45, 2.75) is 26.6 Å². The van der Waals surface area contributed by atoms with Gasteiger partial charge >= 0.3 is 6.18 Å². The lowest BCUT2D eigenvalue weighted by Crippen LogP contribution is -2.15. The Morgan fingerprint density at radius 1 is 1.07 bits per heavy atom. The van der Waals surface area contributed by atoms with Crippen LogP contribution in [0.4, 0.5) is 19.0 Å². The number of nitrogens with one attached hydrogen (secondary N) is 1. The first-order valence-corrected chi connectivity index (χ1v) is 8.01. The summed E-state index contributed by atoms with van der Waals surface area (Å²) in [4.78, 5) is 0. The van der Waals surface area contributed by atoms with E-state index in [0.717, 1.165) is 5.56 Å². The van der Waals surface area contributed by atoms with Crippen molar-refractivity contribution in [3.8, 4) is 11.5 Å². The topological polar surface area (TPSA) is 73.6 Å². The predicted octanol–water partition coefficient (Wildman–Crippen LogP) is 3.39. The van der Waals surface area contributed by atoms with Gasteiger partial charge in [0.05, 0.1) is 14.2 Å². The lowest BCUT2D eigenvalue weighted by Gasteiger charge is -2.15. The molecule has 0 bridgehead atoms. The zero-order valence-electron chi connectivity index (χ0n) is 15.2. The van der Waals surface area contributed by atoms with Crippen LogP contribution >= 0.6 is 0 Å². The zero-order chi connectivity index (χ0) is 19.8. The van der Waals surface area contributed by atoms with Crippen molar-refractivity contribution in [2.75, 3.05) is 19.5 Å². The van der Waals surface area contributed by atoms with Crippen LogP contribution in [0.25, 0.3) is 5.65 Å². The standard InChI is InChI=1S/C17H18F3N5O2/c1-9-10(2)15-22-23-16(17(18,19)20)25(15)24-14(9)21-8-11-6-5-7-12(26-3)13(11)27-4/h5-7H,8H2,1-4H3,(H,21,24). The largest absolute Gasteiger partial charge is 0.493 e. The summed E-state index contributed by atoms with van der Waals surface area (Å²) in [5, 5.41) is 14.0. The molecule has 2 aromatic heterocycles. The number of hydrogen-bond acceptors (Lipinski definition) is 6. The molecule has 7 nitrogen and oxygen atoms in total. The molecule has 3 aromatic rings. The Morgan fingerprint density at radius 2 is 1.81 bits per heavy atom. The highest BCUT2D eigenvalue weighted by molar-refractivity contribution is 5.59. The zero-order valence-corrected chi connectivity index (χ0v) is 15.2. The number of fused-ring (bicyclic) bond motifs is 1. The van der Waals surface area contributed by atoms with Gasteiger partial charge in [0, 0.05) is 17.7 Å². The van der Waals surface area contributed by atoms with E-state index in [2.05, 4.69) is 20.6 Å². The molecule has 0 spiro atoms. The molecule has 0 saturated heterocycles. The second kappa shape index (κ2) is 6.93. The second-order valence-corrected chi connectivity index (χ2v) is 5.86. The molecule has 0 aliphatic rings. The Bertz CT molecular complexity index is 985. The summed E-state index contributed by atoms with van der Waals surface area (Å²) in [6.45, 7) is 3.72. The number of aryl methyl sites for hydroxylation is 1. The van der Waals surface area contributed by atoms with E-state index in [1.807, 2.05) is 6.07 Å². The first-order valence-electron chi connectivity index (χ1n) is 8.01. The number of ether oxygens (including phenoxy) is 2. The van der Waals surface area contributed by atoms with Crippen LogP contribution in [0.1, 0.15) is 22.5 Å². The van der Waals surface area contributed by atoms with Gasteiger partial charge < -0.3 is 14.8 Å². The molecule has 0 unspecified atom stereocenters. The monoisotopic (exact) mass is 381 g/mol. The van der Waals surface area contributed by atoms with Gasteiger partial charge in [-0.15, -0.1) is 15.3 Å². The quantitative estimate of drug-likeness (QED) is 0.730. The Balaban J connectivity index is 2.00. The van der Waals surface area contributed by atoms with Gasteiger partial charge in [-0.3, -0.25) is 0 Å². The molecule has 0 fully saturated rings. The van der Waals surface area contributed by atoms with Crippen LogP contribution in [0.15, 0.2) is 18.2 Å². The Hall–Kier alpha value is -3.04. The number of methoxy groups -OCH3 is 2. The average molecular weight is 381 g/mol. The highest BCUT2D eigenvalue weighted by Crippen LogP contribution is 2.32. The van der Waals surface area contributed by atoms with Crippen molar-refractivity contribution in [1.82, 2.24) is 19.8 Å². The minimum absolute atomic E-state index is 0.0735. The van der Waals surface area contributed by atoms with Crippen molar-refractivity contribution >= 4 is 11.5 Å². The van der Waals surface area contributed by atoms with E-state index in [4.69, 9.17) is 9.47 Å². The van der Waals surface area contributed by atoms with Crippen LogP contribution in [-0.2, 0) is 12.7 Å². The normalized spacial score (nSPS) is 11.7. The van der Waals surface area contributed by atoms with Crippen LogP contribution in [0.3, 0.4) is 0 Å². The Kier molecular flexibility index (Phi) is 4.81. The first kappa shape index (κ1) is 18.7. The van der Waals surface area contributed by atoms with Crippen molar-refractivity contribution in [2.24, 2.45) is 0 Å². The SMILES string of the molecule is COc1cccc(CNc2nn3c(C(F)(F)F)nnc3c(C)c2C)c1OC. The Labute approximate surface area is 153 Å². The predicted molar refractivity (Wildman–Crippen MR) is 92.1 cm³/mol. The number of halogens is 3. The number of hydrogen-bond donors (Lipinski definition) is 1. The van der Waals surface area contributed by atoms with E-state index in [1.165, 1.54) is 14.2 Å². The van der Waals surface area contributed by atoms with E-state index in [1.54, 1.807) is 26.0 Å². The molecule has 2 heterocycles. The number of anilines is 1. The van der Waals surface area contributed by atoms with Crippen LogP contribution in [-0.4, -0.2) is 34.0 Å². The number of benzene rings is 1. The van der Waals surface area contributed by atoms with Gasteiger partial charge in [0.25, 0.3) is 5.82 Å². The Morgan fingerprint density at radius 3 is 2.44 bits per heavy atom. The molecule has 0 saturated carbocycles. The van der Waals surface area contributed by atoms with Gasteiger partial charge in [-0.1, -0.05) is 12.1 Å². The molecule has 0 amide bonds. The highest BCUT2D eigenvalue weighted by Gasteiger charge is 2.38. The average Bonchev–Trinajstić information content (AvgIpc) is 3.07. The molecule has 0 aliphatic heterocycles. The molecule has 1 aromatic carbocycles. The summed E-state index contributed by atoms with van der Waals surface area (Å²) in [6, 6.07) is 5.39. The number of aromatic nitrogens is 4. The van der Waals surface area contributed by atoms with Crippen LogP contribution < -0.4 is 14.8 Å². The molecule has 3 rings (SSSR count). The first-order chi connectivity index (χ1) is 12.8. The smallest absolute Gasteiger partial charge is 0.453 e. The fraction of sp³-hybridized carbons (Fsp3) is 0.353. The van der Waals surface area contributed by atoms with E-state index in [0.29, 0.717) is 33.0 Å². The van der Waals surface area contributed by atoms with Gasteiger partial charge in [0.1, 0.15) is 0 Å². The van der Waals surface area contributed by atoms with Gasteiger partial charge in [0.2, 0.25) is 0 Å². The fourth-order valence-electron chi connectivity index (χ4n) is 2.75. The molecule has 0 aliphatic carbocycles. The number of nitrogens with zero attached hydrogens (tertiary/aromatic N) is 4. The minimum atomic E-state index is -4.65. The van der Waals surface area contributed by atoms with Gasteiger partial charge in [-0.25, -0.2) is 0 Å². The van der Waals surface area contributed by atoms with Crippen LogP contribution in [0.5, 0.6) is 11.5 Å². The molecule has 10 heteroatoms. The summed E-state index contributed by atoms with van der Waals surface area (Å²) in [7, 11) is 3.05. The molecular formula is C17H18F3N5O2. The fourth-order valence-corrected chi connectivity index (χ4v) is 2.75. The third kappa shape index (κ3) is 3.34. The third-order valence-corrected chi connectivity index (χ3v) is 4.28. The van der Waals surface area contributed by atoms with E-state index in [-0.39, 0.29) is 12.2 Å². The molecule has 1 N–H and O–H groups in total. The summed E-state index contributed by atoms with van der Waals surface area (Å²) >= 11 is 0. The van der Waals surface area contributed by atoms with Gasteiger partial charge in [0.15, 0.2) is 23.0 Å². The lowest BCUT2D eigenvalue weighted by atomic mass is 10.1. The van der Waals surface area contributed by atoms with Gasteiger partial charge in [-0.05, 0) is 25.5 Å². The second-order valence-electron chi connectivity index (χ2n) is 5.86. The highest BCUT2D eigenvalue weighted by atomic mass is 19.4. The molecule has 144 valence electrons. The molecule has 0 radical (unpaired) electrons. The minimum Gasteiger partial charge on any atom is -0.493 e. The maximum absolute atomic E-state index is 13.1. The van der Waals surface area contributed by atoms with Crippen LogP contribution in [0.2, 0.25) is 0 Å². The lowest BCUT2D eigenvalue weighted by molar-refractivity contribution is -0.146. The van der Waals surface area contributed by atoms with Crippen molar-refractivity contribution in [1.29, 1.82) is 0 Å².